The second kappa shape index (κ2) is 16.6. The van der Waals surface area contributed by atoms with Gasteiger partial charge in [0, 0.05) is 45.4 Å². The first-order chi connectivity index (χ1) is 32.6. The summed E-state index contributed by atoms with van der Waals surface area (Å²) in [6.07, 6.45) is -12.6. The van der Waals surface area contributed by atoms with E-state index in [0.717, 1.165) is 0 Å². The van der Waals surface area contributed by atoms with Crippen LogP contribution in [0.15, 0.2) is 152 Å². The lowest BCUT2D eigenvalue weighted by molar-refractivity contribution is -0.144. The van der Waals surface area contributed by atoms with Gasteiger partial charge in [0.25, 0.3) is 0 Å². The van der Waals surface area contributed by atoms with Crippen molar-refractivity contribution in [2.45, 2.75) is 31.6 Å². The zero-order chi connectivity index (χ0) is 49.4. The maximum Gasteiger partial charge on any atom is 0.416 e. The molecule has 4 nitrogen and oxygen atoms in total. The highest BCUT2D eigenvalue weighted by Crippen LogP contribution is 2.45. The number of allylic oxidation sites excluding steroid dienone is 2. The molecule has 6 aromatic carbocycles. The molecule has 0 aliphatic heterocycles. The summed E-state index contributed by atoms with van der Waals surface area (Å²) >= 11 is 0. The van der Waals surface area contributed by atoms with Crippen molar-refractivity contribution in [3.05, 3.63) is 192 Å². The van der Waals surface area contributed by atoms with E-state index in [-0.39, 0.29) is 39.9 Å². The largest absolute Gasteiger partial charge is 0.416 e. The van der Waals surface area contributed by atoms with Crippen LogP contribution in [-0.2, 0) is 24.7 Å². The second-order valence-corrected chi connectivity index (χ2v) is 16.1. The zero-order valence-corrected chi connectivity index (χ0v) is 35.5. The van der Waals surface area contributed by atoms with Crippen LogP contribution in [0.25, 0.3) is 83.5 Å². The van der Waals surface area contributed by atoms with E-state index in [2.05, 4.69) is 17.6 Å². The first-order valence-corrected chi connectivity index (χ1v) is 20.6. The summed E-state index contributed by atoms with van der Waals surface area (Å²) in [5.41, 5.74) is -2.02. The number of benzene rings is 6. The number of pyridine rings is 1. The molecule has 0 aliphatic carbocycles. The van der Waals surface area contributed by atoms with Gasteiger partial charge in [0.15, 0.2) is 0 Å². The number of hydrogen-bond donors (Lipinski definition) is 0. The van der Waals surface area contributed by atoms with Gasteiger partial charge in [0.1, 0.15) is 0 Å². The molecule has 3 heterocycles. The van der Waals surface area contributed by atoms with E-state index in [1.807, 2.05) is 4.57 Å². The SMILES string of the molecule is C=C/C=C\c1c(C)n(-c2cc(C#N)c(-c3ccncc3)cc2-n2c3ccccc3c3cc(-c4cc(C(F)(F)F)cc(C(F)(F)F)c4)ccc32)c2ccc(-c3cc(C(F)(F)F)cc(C(F)(F)F)c3)cc12. The van der Waals surface area contributed by atoms with Crippen LogP contribution in [-0.4, -0.2) is 14.1 Å². The lowest BCUT2D eigenvalue weighted by Gasteiger charge is -2.20. The fourth-order valence-electron chi connectivity index (χ4n) is 8.76. The van der Waals surface area contributed by atoms with Gasteiger partial charge < -0.3 is 9.13 Å². The van der Waals surface area contributed by atoms with Crippen LogP contribution in [0, 0.1) is 18.3 Å². The van der Waals surface area contributed by atoms with Gasteiger partial charge in [0.05, 0.1) is 61.8 Å². The predicted octanol–water partition coefficient (Wildman–Crippen LogP) is 16.6. The lowest BCUT2D eigenvalue weighted by Crippen LogP contribution is -2.11. The molecule has 0 atom stereocenters. The van der Waals surface area contributed by atoms with E-state index < -0.39 is 47.0 Å². The fraction of sp³-hybridized carbons (Fsp3) is 0.0943. The van der Waals surface area contributed by atoms with Gasteiger partial charge in [-0.2, -0.15) is 57.9 Å². The molecule has 0 N–H and O–H groups in total. The molecule has 0 saturated heterocycles. The van der Waals surface area contributed by atoms with Gasteiger partial charge in [-0.25, -0.2) is 0 Å². The number of rotatable bonds is 7. The van der Waals surface area contributed by atoms with Crippen molar-refractivity contribution in [3.8, 4) is 50.8 Å². The normalized spacial score (nSPS) is 12.7. The van der Waals surface area contributed by atoms with Gasteiger partial charge >= 0.3 is 24.7 Å². The molecule has 9 rings (SSSR count). The molecule has 346 valence electrons. The summed E-state index contributed by atoms with van der Waals surface area (Å²) in [7, 11) is 0. The van der Waals surface area contributed by atoms with Crippen molar-refractivity contribution in [1.29, 1.82) is 5.26 Å². The number of alkyl halides is 12. The van der Waals surface area contributed by atoms with Crippen molar-refractivity contribution < 1.29 is 52.7 Å². The minimum Gasteiger partial charge on any atom is -0.311 e. The van der Waals surface area contributed by atoms with Crippen LogP contribution < -0.4 is 0 Å². The molecule has 0 spiro atoms. The second-order valence-electron chi connectivity index (χ2n) is 16.1. The van der Waals surface area contributed by atoms with Crippen LogP contribution in [0.3, 0.4) is 0 Å². The van der Waals surface area contributed by atoms with E-state index in [4.69, 9.17) is 0 Å². The summed E-state index contributed by atoms with van der Waals surface area (Å²) < 4.78 is 172. The number of hydrogen-bond acceptors (Lipinski definition) is 2. The lowest BCUT2D eigenvalue weighted by atomic mass is 9.97. The number of nitriles is 1. The van der Waals surface area contributed by atoms with Gasteiger partial charge in [-0.3, -0.25) is 4.98 Å². The Labute approximate surface area is 383 Å². The molecule has 0 radical (unpaired) electrons. The third-order valence-corrected chi connectivity index (χ3v) is 11.9. The third kappa shape index (κ3) is 8.38. The van der Waals surface area contributed by atoms with E-state index in [1.165, 1.54) is 42.7 Å². The fourth-order valence-corrected chi connectivity index (χ4v) is 8.76. The number of para-hydroxylation sites is 1. The van der Waals surface area contributed by atoms with E-state index in [0.29, 0.717) is 90.7 Å². The molecule has 9 aromatic rings. The van der Waals surface area contributed by atoms with Crippen molar-refractivity contribution >= 4 is 38.8 Å². The molecule has 0 amide bonds. The summed E-state index contributed by atoms with van der Waals surface area (Å²) in [6.45, 7) is 5.49. The Morgan fingerprint density at radius 3 is 1.49 bits per heavy atom. The highest BCUT2D eigenvalue weighted by atomic mass is 19.4. The molecule has 0 bridgehead atoms. The number of halogens is 12. The monoisotopic (exact) mass is 950 g/mol. The Hall–Kier alpha value is -8.06. The summed E-state index contributed by atoms with van der Waals surface area (Å²) in [5.74, 6) is 0. The number of nitrogens with zero attached hydrogens (tertiary/aromatic N) is 4. The van der Waals surface area contributed by atoms with Crippen molar-refractivity contribution in [2.24, 2.45) is 0 Å². The van der Waals surface area contributed by atoms with Gasteiger partial charge in [-0.1, -0.05) is 55.1 Å². The highest BCUT2D eigenvalue weighted by molar-refractivity contribution is 6.11. The maximum absolute atomic E-state index is 14.0. The quantitative estimate of drug-likeness (QED) is 0.118. The minimum atomic E-state index is -5.10. The van der Waals surface area contributed by atoms with Gasteiger partial charge in [-0.15, -0.1) is 0 Å². The van der Waals surface area contributed by atoms with Crippen LogP contribution in [0.1, 0.15) is 39.1 Å². The van der Waals surface area contributed by atoms with Crippen LogP contribution in [0.4, 0.5) is 52.7 Å². The third-order valence-electron chi connectivity index (χ3n) is 11.9. The Balaban J connectivity index is 1.35. The topological polar surface area (TPSA) is 46.5 Å². The Bertz CT molecular complexity index is 3530. The Kier molecular flexibility index (Phi) is 11.1. The molecular weight excluding hydrogens is 921 g/mol. The highest BCUT2D eigenvalue weighted by Gasteiger charge is 2.39. The number of fused-ring (bicyclic) bond motifs is 4. The zero-order valence-electron chi connectivity index (χ0n) is 35.5. The van der Waals surface area contributed by atoms with E-state index >= 15 is 0 Å². The van der Waals surface area contributed by atoms with Crippen molar-refractivity contribution in [3.63, 3.8) is 0 Å². The van der Waals surface area contributed by atoms with Crippen molar-refractivity contribution in [2.75, 3.05) is 0 Å². The first kappa shape index (κ1) is 46.1. The van der Waals surface area contributed by atoms with E-state index in [1.54, 1.807) is 84.3 Å². The standard InChI is InChI=1S/C53H30F12N4/c1-3-4-7-40-29(2)68(46-12-10-31(22-43(40)46)33-18-36(50(54,55)56)25-37(19-33)51(57,58)59)48-24-35(28-66)42(30-14-16-67-17-15-30)27-49(48)69-45-9-6-5-8-41(45)44-23-32(11-13-47(44)69)34-20-38(52(60,61)62)26-39(21-34)53(63,64)65/h3-27H,1H2,2H3/b7-4-. The molecule has 0 aliphatic rings. The van der Waals surface area contributed by atoms with Gasteiger partial charge in [0.2, 0.25) is 0 Å². The summed E-state index contributed by atoms with van der Waals surface area (Å²) in [4.78, 5) is 4.11. The van der Waals surface area contributed by atoms with E-state index in [9.17, 15) is 57.9 Å². The van der Waals surface area contributed by atoms with Crippen LogP contribution >= 0.6 is 0 Å². The minimum absolute atomic E-state index is 0.0387. The average Bonchev–Trinajstić information content (AvgIpc) is 3.78. The number of aromatic nitrogens is 3. The van der Waals surface area contributed by atoms with Crippen molar-refractivity contribution in [1.82, 2.24) is 14.1 Å². The predicted molar refractivity (Wildman–Crippen MR) is 240 cm³/mol. The smallest absolute Gasteiger partial charge is 0.311 e. The summed E-state index contributed by atoms with van der Waals surface area (Å²) in [5, 5.41) is 12.1. The first-order valence-electron chi connectivity index (χ1n) is 20.6. The average molecular weight is 951 g/mol. The van der Waals surface area contributed by atoms with Crippen LogP contribution in [0.2, 0.25) is 0 Å². The van der Waals surface area contributed by atoms with Crippen LogP contribution in [0.5, 0.6) is 0 Å². The summed E-state index contributed by atoms with van der Waals surface area (Å²) in [6, 6.07) is 27.6. The Morgan fingerprint density at radius 1 is 0.507 bits per heavy atom. The molecule has 3 aromatic heterocycles. The molecule has 69 heavy (non-hydrogen) atoms. The molecule has 0 fully saturated rings. The maximum atomic E-state index is 14.0. The molecule has 0 saturated carbocycles. The molecular formula is C53H30F12N4. The van der Waals surface area contributed by atoms with Gasteiger partial charge in [-0.05, 0) is 126 Å². The Morgan fingerprint density at radius 2 is 0.986 bits per heavy atom. The molecule has 16 heteroatoms. The molecule has 0 unspecified atom stereocenters.